The van der Waals surface area contributed by atoms with Crippen molar-refractivity contribution in [2.45, 2.75) is 52.9 Å². The number of nitrogens with zero attached hydrogens (tertiary/aromatic N) is 2. The van der Waals surface area contributed by atoms with Crippen LogP contribution in [-0.2, 0) is 6.42 Å². The zero-order chi connectivity index (χ0) is 32.4. The van der Waals surface area contributed by atoms with Crippen molar-refractivity contribution in [3.63, 3.8) is 0 Å². The normalized spacial score (nSPS) is 12.8. The number of aromatic nitrogens is 2. The first-order chi connectivity index (χ1) is 23.6. The van der Waals surface area contributed by atoms with Crippen LogP contribution < -0.4 is 0 Å². The highest BCUT2D eigenvalue weighted by molar-refractivity contribution is 6.12. The number of unbranched alkanes of at least 4 members (excludes halogenated alkanes) is 1. The second-order valence-corrected chi connectivity index (χ2v) is 13.7. The van der Waals surface area contributed by atoms with Crippen LogP contribution in [0.5, 0.6) is 0 Å². The molecular weight excluding hydrogens is 585 g/mol. The lowest BCUT2D eigenvalue weighted by molar-refractivity contribution is 0.449. The van der Waals surface area contributed by atoms with Gasteiger partial charge in [-0.25, -0.2) is 0 Å². The van der Waals surface area contributed by atoms with Crippen molar-refractivity contribution >= 4 is 65.6 Å². The van der Waals surface area contributed by atoms with Gasteiger partial charge in [0.15, 0.2) is 0 Å². The lowest BCUT2D eigenvalue weighted by Crippen LogP contribution is -2.03. The van der Waals surface area contributed by atoms with E-state index < -0.39 is 0 Å². The number of aryl methyl sites for hydroxylation is 1. The Morgan fingerprint density at radius 1 is 0.542 bits per heavy atom. The predicted molar refractivity (Wildman–Crippen MR) is 204 cm³/mol. The van der Waals surface area contributed by atoms with Crippen molar-refractivity contribution in [1.29, 1.82) is 0 Å². The standard InChI is InChI=1S/C45H40N2O/c1-4-6-11-30(5-2)25-31-17-21-43-37(26-31)35-13-8-10-15-41(35)47(43)33-19-23-45-39(28-33)38-27-32(18-22-44(38)48-45)46-40-14-9-7-12-34(40)36-24-29(3)16-20-42(36)46/h7-10,12-24,26-28,30H,4-6,11,25H2,1-3H3. The summed E-state index contributed by atoms with van der Waals surface area (Å²) in [5.74, 6) is 0.740. The minimum atomic E-state index is 0.740. The maximum absolute atomic E-state index is 6.44. The first kappa shape index (κ1) is 28.9. The van der Waals surface area contributed by atoms with E-state index in [0.717, 1.165) is 45.7 Å². The quantitative estimate of drug-likeness (QED) is 0.165. The number of fused-ring (bicyclic) bond motifs is 9. The van der Waals surface area contributed by atoms with Gasteiger partial charge in [0.25, 0.3) is 0 Å². The Kier molecular flexibility index (Phi) is 6.90. The fraction of sp³-hybridized carbons (Fsp3) is 0.200. The third-order valence-corrected chi connectivity index (χ3v) is 10.6. The van der Waals surface area contributed by atoms with Crippen LogP contribution in [0, 0.1) is 12.8 Å². The molecule has 9 aromatic rings. The average Bonchev–Trinajstić information content (AvgIpc) is 3.76. The first-order valence-electron chi connectivity index (χ1n) is 17.6. The number of hydrogen-bond acceptors (Lipinski definition) is 1. The summed E-state index contributed by atoms with van der Waals surface area (Å²) in [6.45, 7) is 6.80. The molecule has 0 bridgehead atoms. The Morgan fingerprint density at radius 2 is 1.10 bits per heavy atom. The van der Waals surface area contributed by atoms with Gasteiger partial charge in [0.05, 0.1) is 22.1 Å². The minimum Gasteiger partial charge on any atom is -0.456 e. The highest BCUT2D eigenvalue weighted by Gasteiger charge is 2.18. The van der Waals surface area contributed by atoms with Gasteiger partial charge in [0.2, 0.25) is 0 Å². The summed E-state index contributed by atoms with van der Waals surface area (Å²) in [4.78, 5) is 0. The Bertz CT molecular complexity index is 2650. The van der Waals surface area contributed by atoms with Crippen LogP contribution in [0.15, 0.2) is 126 Å². The molecule has 3 heterocycles. The molecule has 0 N–H and O–H groups in total. The maximum atomic E-state index is 6.44. The van der Waals surface area contributed by atoms with Crippen molar-refractivity contribution in [2.24, 2.45) is 5.92 Å². The molecule has 0 aliphatic rings. The SMILES string of the molecule is CCCCC(CC)Cc1ccc2c(c1)c1ccccc1n2-c1ccc2oc3ccc(-n4c5ccccc5c5cc(C)ccc54)cc3c2c1. The molecule has 0 fully saturated rings. The molecule has 0 amide bonds. The van der Waals surface area contributed by atoms with E-state index in [-0.39, 0.29) is 0 Å². The summed E-state index contributed by atoms with van der Waals surface area (Å²) >= 11 is 0. The van der Waals surface area contributed by atoms with E-state index in [4.69, 9.17) is 4.42 Å². The molecule has 6 aromatic carbocycles. The lowest BCUT2D eigenvalue weighted by Gasteiger charge is -2.15. The number of furan rings is 1. The molecule has 3 nitrogen and oxygen atoms in total. The van der Waals surface area contributed by atoms with Crippen molar-refractivity contribution in [2.75, 3.05) is 0 Å². The van der Waals surface area contributed by atoms with Crippen LogP contribution >= 0.6 is 0 Å². The molecule has 48 heavy (non-hydrogen) atoms. The average molecular weight is 625 g/mol. The van der Waals surface area contributed by atoms with Gasteiger partial charge in [0, 0.05) is 43.7 Å². The van der Waals surface area contributed by atoms with E-state index >= 15 is 0 Å². The summed E-state index contributed by atoms with van der Waals surface area (Å²) in [7, 11) is 0. The van der Waals surface area contributed by atoms with E-state index in [1.807, 2.05) is 0 Å². The second kappa shape index (κ2) is 11.5. The second-order valence-electron chi connectivity index (χ2n) is 13.7. The topological polar surface area (TPSA) is 23.0 Å². The predicted octanol–water partition coefficient (Wildman–Crippen LogP) is 12.8. The van der Waals surface area contributed by atoms with Crippen molar-refractivity contribution in [1.82, 2.24) is 9.13 Å². The molecule has 0 spiro atoms. The van der Waals surface area contributed by atoms with Gasteiger partial charge < -0.3 is 13.6 Å². The van der Waals surface area contributed by atoms with E-state index in [1.54, 1.807) is 0 Å². The Labute approximate surface area is 281 Å². The van der Waals surface area contributed by atoms with Crippen LogP contribution in [0.25, 0.3) is 76.9 Å². The van der Waals surface area contributed by atoms with E-state index in [0.29, 0.717) is 0 Å². The van der Waals surface area contributed by atoms with Crippen LogP contribution in [0.2, 0.25) is 0 Å². The number of para-hydroxylation sites is 2. The number of benzene rings is 6. The summed E-state index contributed by atoms with van der Waals surface area (Å²) in [6.07, 6.45) is 6.26. The maximum Gasteiger partial charge on any atom is 0.135 e. The van der Waals surface area contributed by atoms with Gasteiger partial charge in [-0.15, -0.1) is 0 Å². The molecule has 9 rings (SSSR count). The summed E-state index contributed by atoms with van der Waals surface area (Å²) in [6, 6.07) is 44.8. The molecule has 236 valence electrons. The lowest BCUT2D eigenvalue weighted by atomic mass is 9.91. The van der Waals surface area contributed by atoms with Crippen LogP contribution in [0.3, 0.4) is 0 Å². The molecule has 3 aromatic heterocycles. The van der Waals surface area contributed by atoms with Gasteiger partial charge in [-0.3, -0.25) is 0 Å². The Morgan fingerprint density at radius 3 is 1.71 bits per heavy atom. The summed E-state index contributed by atoms with van der Waals surface area (Å²) < 4.78 is 11.3. The molecule has 3 heteroatoms. The molecule has 0 saturated carbocycles. The largest absolute Gasteiger partial charge is 0.456 e. The summed E-state index contributed by atoms with van der Waals surface area (Å²) in [5, 5.41) is 7.45. The molecule has 0 aliphatic carbocycles. The fourth-order valence-corrected chi connectivity index (χ4v) is 8.10. The molecule has 1 unspecified atom stereocenters. The van der Waals surface area contributed by atoms with E-state index in [2.05, 4.69) is 151 Å². The Hall–Kier alpha value is -5.28. The number of rotatable bonds is 8. The summed E-state index contributed by atoms with van der Waals surface area (Å²) in [5.41, 5.74) is 11.7. The van der Waals surface area contributed by atoms with E-state index in [9.17, 15) is 0 Å². The molecule has 0 aliphatic heterocycles. The van der Waals surface area contributed by atoms with Crippen molar-refractivity contribution in [3.05, 3.63) is 132 Å². The van der Waals surface area contributed by atoms with Gasteiger partial charge in [-0.1, -0.05) is 93.6 Å². The monoisotopic (exact) mass is 624 g/mol. The van der Waals surface area contributed by atoms with Gasteiger partial charge in [-0.05, 0) is 97.6 Å². The van der Waals surface area contributed by atoms with E-state index in [1.165, 1.54) is 80.4 Å². The third-order valence-electron chi connectivity index (χ3n) is 10.6. The fourth-order valence-electron chi connectivity index (χ4n) is 8.10. The minimum absolute atomic E-state index is 0.740. The molecule has 1 atom stereocenters. The van der Waals surface area contributed by atoms with Crippen molar-refractivity contribution < 1.29 is 4.42 Å². The van der Waals surface area contributed by atoms with Gasteiger partial charge in [0.1, 0.15) is 11.2 Å². The Balaban J connectivity index is 1.20. The van der Waals surface area contributed by atoms with Crippen LogP contribution in [-0.4, -0.2) is 9.13 Å². The third kappa shape index (κ3) is 4.56. The molecular formula is C45H40N2O. The van der Waals surface area contributed by atoms with Crippen LogP contribution in [0.4, 0.5) is 0 Å². The zero-order valence-corrected chi connectivity index (χ0v) is 28.0. The van der Waals surface area contributed by atoms with Crippen LogP contribution in [0.1, 0.15) is 50.7 Å². The first-order valence-corrected chi connectivity index (χ1v) is 17.6. The highest BCUT2D eigenvalue weighted by Crippen LogP contribution is 2.38. The zero-order valence-electron chi connectivity index (χ0n) is 28.0. The molecule has 0 radical (unpaired) electrons. The smallest absolute Gasteiger partial charge is 0.135 e. The van der Waals surface area contributed by atoms with Gasteiger partial charge >= 0.3 is 0 Å². The van der Waals surface area contributed by atoms with Crippen molar-refractivity contribution in [3.8, 4) is 11.4 Å². The molecule has 0 saturated heterocycles. The van der Waals surface area contributed by atoms with Gasteiger partial charge in [-0.2, -0.15) is 0 Å². The highest BCUT2D eigenvalue weighted by atomic mass is 16.3. The number of hydrogen-bond donors (Lipinski definition) is 0.